The molecule has 0 aliphatic heterocycles. The zero-order valence-corrected chi connectivity index (χ0v) is 21.4. The molecule has 0 fully saturated rings. The number of carbonyl (C=O) groups is 2. The van der Waals surface area contributed by atoms with Gasteiger partial charge in [-0.05, 0) is 69.0 Å². The van der Waals surface area contributed by atoms with E-state index in [1.54, 1.807) is 4.90 Å². The maximum atomic E-state index is 13.6. The van der Waals surface area contributed by atoms with Gasteiger partial charge in [0, 0.05) is 19.0 Å². The third-order valence-corrected chi connectivity index (χ3v) is 5.98. The fraction of sp³-hybridized carbons (Fsp3) is 0.333. The minimum atomic E-state index is -0.670. The fourth-order valence-electron chi connectivity index (χ4n) is 3.97. The molecular formula is C30H36N2O3. The number of benzene rings is 3. The van der Waals surface area contributed by atoms with E-state index in [1.165, 1.54) is 0 Å². The Morgan fingerprint density at radius 3 is 2.23 bits per heavy atom. The standard InChI is InChI=1S/C30H36N2O3/c1-21(2)31-30(34)28(18-25-11-7-6-8-12-25)32(19-26-13-9-10-22(3)16-26)29(33)20-35-27-15-14-23(4)24(5)17-27/h6-17,21,28H,18-20H2,1-5H3,(H,31,34)/t28-/m0/s1. The monoisotopic (exact) mass is 472 g/mol. The summed E-state index contributed by atoms with van der Waals surface area (Å²) in [6.07, 6.45) is 0.417. The third kappa shape index (κ3) is 7.71. The molecule has 3 rings (SSSR count). The van der Waals surface area contributed by atoms with Crippen molar-refractivity contribution in [1.29, 1.82) is 0 Å². The van der Waals surface area contributed by atoms with Gasteiger partial charge < -0.3 is 15.0 Å². The van der Waals surface area contributed by atoms with Crippen molar-refractivity contribution >= 4 is 11.8 Å². The Kier molecular flexibility index (Phi) is 9.07. The molecule has 0 aromatic heterocycles. The Morgan fingerprint density at radius 1 is 0.857 bits per heavy atom. The van der Waals surface area contributed by atoms with Gasteiger partial charge in [0.2, 0.25) is 5.91 Å². The Balaban J connectivity index is 1.91. The minimum absolute atomic E-state index is 0.0384. The summed E-state index contributed by atoms with van der Waals surface area (Å²) in [7, 11) is 0. The molecule has 1 atom stereocenters. The Morgan fingerprint density at radius 2 is 1.57 bits per heavy atom. The van der Waals surface area contributed by atoms with Gasteiger partial charge in [-0.25, -0.2) is 0 Å². The minimum Gasteiger partial charge on any atom is -0.484 e. The lowest BCUT2D eigenvalue weighted by Gasteiger charge is -2.32. The number of nitrogens with zero attached hydrogens (tertiary/aromatic N) is 1. The van der Waals surface area contributed by atoms with Gasteiger partial charge in [-0.15, -0.1) is 0 Å². The summed E-state index contributed by atoms with van der Waals surface area (Å²) in [5.74, 6) is 0.240. The average Bonchev–Trinajstić information content (AvgIpc) is 2.82. The second-order valence-corrected chi connectivity index (χ2v) is 9.41. The Bertz CT molecular complexity index is 1140. The fourth-order valence-corrected chi connectivity index (χ4v) is 3.97. The maximum Gasteiger partial charge on any atom is 0.261 e. The number of hydrogen-bond donors (Lipinski definition) is 1. The van der Waals surface area contributed by atoms with E-state index in [0.29, 0.717) is 18.7 Å². The SMILES string of the molecule is Cc1cccc(CN(C(=O)COc2ccc(C)c(C)c2)[C@@H](Cc2ccccc2)C(=O)NC(C)C)c1. The number of rotatable bonds is 10. The molecule has 184 valence electrons. The van der Waals surface area contributed by atoms with Crippen LogP contribution in [0.25, 0.3) is 0 Å². The van der Waals surface area contributed by atoms with E-state index in [0.717, 1.165) is 27.8 Å². The highest BCUT2D eigenvalue weighted by Crippen LogP contribution is 2.19. The summed E-state index contributed by atoms with van der Waals surface area (Å²) in [6, 6.07) is 22.9. The van der Waals surface area contributed by atoms with Crippen LogP contribution in [0.5, 0.6) is 5.75 Å². The molecule has 1 N–H and O–H groups in total. The largest absolute Gasteiger partial charge is 0.484 e. The number of carbonyl (C=O) groups excluding carboxylic acids is 2. The van der Waals surface area contributed by atoms with Crippen LogP contribution in [-0.2, 0) is 22.6 Å². The number of amides is 2. The van der Waals surface area contributed by atoms with Crippen LogP contribution >= 0.6 is 0 Å². The van der Waals surface area contributed by atoms with E-state index in [2.05, 4.69) is 5.32 Å². The van der Waals surface area contributed by atoms with Gasteiger partial charge in [-0.1, -0.05) is 66.2 Å². The molecule has 3 aromatic rings. The van der Waals surface area contributed by atoms with Crippen LogP contribution in [0.15, 0.2) is 72.8 Å². The molecule has 5 heteroatoms. The summed E-state index contributed by atoms with van der Waals surface area (Å²) in [5.41, 5.74) is 5.34. The molecule has 2 amide bonds. The van der Waals surface area contributed by atoms with E-state index < -0.39 is 6.04 Å². The van der Waals surface area contributed by atoms with Gasteiger partial charge in [0.15, 0.2) is 6.61 Å². The van der Waals surface area contributed by atoms with Gasteiger partial charge in [0.1, 0.15) is 11.8 Å². The molecule has 5 nitrogen and oxygen atoms in total. The van der Waals surface area contributed by atoms with Crippen LogP contribution < -0.4 is 10.1 Å². The number of aryl methyl sites for hydroxylation is 3. The number of ether oxygens (including phenoxy) is 1. The smallest absolute Gasteiger partial charge is 0.261 e. The van der Waals surface area contributed by atoms with Crippen LogP contribution in [0.3, 0.4) is 0 Å². The summed E-state index contributed by atoms with van der Waals surface area (Å²) in [6.45, 7) is 10.1. The highest BCUT2D eigenvalue weighted by molar-refractivity contribution is 5.88. The average molecular weight is 473 g/mol. The van der Waals surface area contributed by atoms with Crippen molar-refractivity contribution in [3.63, 3.8) is 0 Å². The lowest BCUT2D eigenvalue weighted by Crippen LogP contribution is -2.52. The molecule has 0 aliphatic rings. The van der Waals surface area contributed by atoms with Crippen molar-refractivity contribution in [3.05, 3.63) is 101 Å². The van der Waals surface area contributed by atoms with Crippen LogP contribution in [0.4, 0.5) is 0 Å². The molecule has 0 radical (unpaired) electrons. The van der Waals surface area contributed by atoms with Crippen LogP contribution in [-0.4, -0.2) is 35.4 Å². The summed E-state index contributed by atoms with van der Waals surface area (Å²) in [4.78, 5) is 28.6. The maximum absolute atomic E-state index is 13.6. The molecule has 0 saturated carbocycles. The van der Waals surface area contributed by atoms with Gasteiger partial charge in [-0.3, -0.25) is 9.59 Å². The Hall–Kier alpha value is -3.60. The lowest BCUT2D eigenvalue weighted by atomic mass is 10.0. The molecular weight excluding hydrogens is 436 g/mol. The van der Waals surface area contributed by atoms with Crippen molar-refractivity contribution in [3.8, 4) is 5.75 Å². The van der Waals surface area contributed by atoms with Gasteiger partial charge in [-0.2, -0.15) is 0 Å². The first kappa shape index (κ1) is 26.0. The molecule has 0 spiro atoms. The van der Waals surface area contributed by atoms with E-state index in [1.807, 2.05) is 107 Å². The zero-order valence-electron chi connectivity index (χ0n) is 21.4. The van der Waals surface area contributed by atoms with E-state index >= 15 is 0 Å². The highest BCUT2D eigenvalue weighted by atomic mass is 16.5. The van der Waals surface area contributed by atoms with E-state index in [4.69, 9.17) is 4.74 Å². The molecule has 0 saturated heterocycles. The van der Waals surface area contributed by atoms with E-state index in [-0.39, 0.29) is 24.5 Å². The molecule has 35 heavy (non-hydrogen) atoms. The first-order valence-electron chi connectivity index (χ1n) is 12.1. The first-order valence-corrected chi connectivity index (χ1v) is 12.1. The van der Waals surface area contributed by atoms with E-state index in [9.17, 15) is 9.59 Å². The predicted molar refractivity (Wildman–Crippen MR) is 140 cm³/mol. The van der Waals surface area contributed by atoms with Crippen LogP contribution in [0.1, 0.15) is 41.7 Å². The molecule has 3 aromatic carbocycles. The van der Waals surface area contributed by atoms with Gasteiger partial charge >= 0.3 is 0 Å². The molecule has 0 bridgehead atoms. The van der Waals surface area contributed by atoms with Crippen LogP contribution in [0.2, 0.25) is 0 Å². The second kappa shape index (κ2) is 12.2. The van der Waals surface area contributed by atoms with Crippen molar-refractivity contribution in [2.45, 2.75) is 59.7 Å². The quantitative estimate of drug-likeness (QED) is 0.444. The summed E-state index contributed by atoms with van der Waals surface area (Å²) >= 11 is 0. The number of nitrogens with one attached hydrogen (secondary N) is 1. The van der Waals surface area contributed by atoms with Crippen molar-refractivity contribution < 1.29 is 14.3 Å². The topological polar surface area (TPSA) is 58.6 Å². The molecule has 0 unspecified atom stereocenters. The molecule has 0 heterocycles. The van der Waals surface area contributed by atoms with Gasteiger partial charge in [0.05, 0.1) is 0 Å². The second-order valence-electron chi connectivity index (χ2n) is 9.41. The first-order chi connectivity index (χ1) is 16.7. The summed E-state index contributed by atoms with van der Waals surface area (Å²) < 4.78 is 5.88. The zero-order chi connectivity index (χ0) is 25.4. The van der Waals surface area contributed by atoms with Gasteiger partial charge in [0.25, 0.3) is 5.91 Å². The normalized spacial score (nSPS) is 11.7. The third-order valence-electron chi connectivity index (χ3n) is 5.98. The number of hydrogen-bond acceptors (Lipinski definition) is 3. The Labute approximate surface area is 209 Å². The van der Waals surface area contributed by atoms with Crippen molar-refractivity contribution in [2.24, 2.45) is 0 Å². The molecule has 0 aliphatic carbocycles. The summed E-state index contributed by atoms with van der Waals surface area (Å²) in [5, 5.41) is 3.01. The predicted octanol–water partition coefficient (Wildman–Crippen LogP) is 5.16. The lowest BCUT2D eigenvalue weighted by molar-refractivity contribution is -0.143. The van der Waals surface area contributed by atoms with Crippen molar-refractivity contribution in [1.82, 2.24) is 10.2 Å². The van der Waals surface area contributed by atoms with Crippen molar-refractivity contribution in [2.75, 3.05) is 6.61 Å². The van der Waals surface area contributed by atoms with Crippen LogP contribution in [0, 0.1) is 20.8 Å². The highest BCUT2D eigenvalue weighted by Gasteiger charge is 2.31.